The summed E-state index contributed by atoms with van der Waals surface area (Å²) in [7, 11) is 1.39. The monoisotopic (exact) mass is 408 g/mol. The van der Waals surface area contributed by atoms with Gasteiger partial charge in [0.25, 0.3) is 0 Å². The van der Waals surface area contributed by atoms with Crippen LogP contribution in [0.25, 0.3) is 0 Å². The first-order valence-corrected chi connectivity index (χ1v) is 10.1. The van der Waals surface area contributed by atoms with E-state index in [2.05, 4.69) is 0 Å². The van der Waals surface area contributed by atoms with Crippen molar-refractivity contribution in [2.24, 2.45) is 0 Å². The molecule has 0 aliphatic rings. The zero-order chi connectivity index (χ0) is 17.9. The van der Waals surface area contributed by atoms with Crippen LogP contribution in [0.4, 0.5) is 0 Å². The zero-order valence-electron chi connectivity index (χ0n) is 14.3. The number of aliphatic hydroxyl groups excluding tert-OH is 1. The van der Waals surface area contributed by atoms with E-state index in [1.165, 1.54) is 7.11 Å². The summed E-state index contributed by atoms with van der Waals surface area (Å²) in [5, 5.41) is 10.3. The second kappa shape index (κ2) is 11.1. The number of hydrogen-bond donors (Lipinski definition) is 1. The molecule has 0 saturated heterocycles. The molecule has 5 heteroatoms. The van der Waals surface area contributed by atoms with E-state index in [1.807, 2.05) is 60.7 Å². The third kappa shape index (κ3) is 7.41. The predicted octanol–water partition coefficient (Wildman–Crippen LogP) is 2.34. The molecule has 0 aliphatic heterocycles. The molecule has 25 heavy (non-hydrogen) atoms. The quantitative estimate of drug-likeness (QED) is 0.373. The molecule has 0 heterocycles. The summed E-state index contributed by atoms with van der Waals surface area (Å²) in [6, 6.07) is 19.8. The maximum absolute atomic E-state index is 12.0. The Bertz CT molecular complexity index is 618. The average Bonchev–Trinajstić information content (AvgIpc) is 2.66. The molecule has 2 atom stereocenters. The molecule has 0 aliphatic carbocycles. The van der Waals surface area contributed by atoms with Crippen molar-refractivity contribution < 1.29 is 19.4 Å². The van der Waals surface area contributed by atoms with Crippen molar-refractivity contribution in [2.75, 3.05) is 13.7 Å². The van der Waals surface area contributed by atoms with Crippen LogP contribution in [0, 0.1) is 0 Å². The second-order valence-corrected chi connectivity index (χ2v) is 8.34. The maximum atomic E-state index is 12.0. The molecule has 2 aromatic carbocycles. The summed E-state index contributed by atoms with van der Waals surface area (Å²) < 4.78 is 11.6. The molecular formula is C20H24O4Se. The fourth-order valence-corrected chi connectivity index (χ4v) is 4.76. The molecule has 2 aromatic rings. The van der Waals surface area contributed by atoms with Gasteiger partial charge < -0.3 is 0 Å². The van der Waals surface area contributed by atoms with Gasteiger partial charge in [-0.3, -0.25) is 0 Å². The van der Waals surface area contributed by atoms with E-state index in [9.17, 15) is 9.90 Å². The van der Waals surface area contributed by atoms with Gasteiger partial charge in [-0.05, 0) is 0 Å². The van der Waals surface area contributed by atoms with Gasteiger partial charge in [0, 0.05) is 0 Å². The molecule has 1 unspecified atom stereocenters. The Morgan fingerprint density at radius 1 is 1.08 bits per heavy atom. The third-order valence-corrected chi connectivity index (χ3v) is 6.23. The Hall–Kier alpha value is -1.65. The predicted molar refractivity (Wildman–Crippen MR) is 98.9 cm³/mol. The van der Waals surface area contributed by atoms with Crippen molar-refractivity contribution in [1.82, 2.24) is 0 Å². The van der Waals surface area contributed by atoms with E-state index in [1.54, 1.807) is 0 Å². The Morgan fingerprint density at radius 3 is 2.36 bits per heavy atom. The van der Waals surface area contributed by atoms with Gasteiger partial charge in [0.2, 0.25) is 0 Å². The number of methoxy groups -OCH3 is 1. The van der Waals surface area contributed by atoms with Gasteiger partial charge in [0.15, 0.2) is 0 Å². The summed E-state index contributed by atoms with van der Waals surface area (Å²) in [5.41, 5.74) is 1.11. The first kappa shape index (κ1) is 19.7. The van der Waals surface area contributed by atoms with Gasteiger partial charge in [0.05, 0.1) is 0 Å². The van der Waals surface area contributed by atoms with Crippen molar-refractivity contribution in [3.05, 3.63) is 66.2 Å². The molecule has 0 fully saturated rings. The van der Waals surface area contributed by atoms with Crippen LogP contribution in [0.2, 0.25) is 4.82 Å². The number of carbonyl (C=O) groups is 1. The molecule has 1 N–H and O–H groups in total. The van der Waals surface area contributed by atoms with Crippen LogP contribution >= 0.6 is 0 Å². The number of esters is 1. The molecule has 0 spiro atoms. The van der Waals surface area contributed by atoms with Crippen LogP contribution in [0.5, 0.6) is 0 Å². The molecule has 0 radical (unpaired) electrons. The Morgan fingerprint density at radius 2 is 1.72 bits per heavy atom. The summed E-state index contributed by atoms with van der Waals surface area (Å²) in [5.74, 6) is -0.256. The van der Waals surface area contributed by atoms with Gasteiger partial charge >= 0.3 is 155 Å². The van der Waals surface area contributed by atoms with E-state index < -0.39 is 6.10 Å². The van der Waals surface area contributed by atoms with E-state index in [0.29, 0.717) is 26.1 Å². The topological polar surface area (TPSA) is 55.8 Å². The Balaban J connectivity index is 1.76. The van der Waals surface area contributed by atoms with Gasteiger partial charge in [-0.15, -0.1) is 0 Å². The minimum absolute atomic E-state index is 0.0692. The van der Waals surface area contributed by atoms with Gasteiger partial charge in [-0.2, -0.15) is 0 Å². The van der Waals surface area contributed by atoms with Crippen LogP contribution in [0.15, 0.2) is 60.7 Å². The molecule has 0 bridgehead atoms. The Labute approximate surface area is 155 Å². The average molecular weight is 407 g/mol. The first-order valence-electron chi connectivity index (χ1n) is 8.28. The molecular weight excluding hydrogens is 383 g/mol. The van der Waals surface area contributed by atoms with Crippen molar-refractivity contribution in [3.8, 4) is 0 Å². The number of ether oxygens (including phenoxy) is 2. The summed E-state index contributed by atoms with van der Waals surface area (Å²) in [6.07, 6.45) is 0.326. The van der Waals surface area contributed by atoms with Crippen LogP contribution in [-0.2, 0) is 20.9 Å². The number of hydrogen-bond acceptors (Lipinski definition) is 4. The van der Waals surface area contributed by atoms with Crippen molar-refractivity contribution in [3.63, 3.8) is 0 Å². The zero-order valence-corrected chi connectivity index (χ0v) is 16.0. The van der Waals surface area contributed by atoms with Crippen LogP contribution in [0.3, 0.4) is 0 Å². The number of rotatable bonds is 10. The van der Waals surface area contributed by atoms with Crippen LogP contribution in [-0.4, -0.2) is 45.9 Å². The molecule has 0 aromatic heterocycles. The molecule has 2 rings (SSSR count). The molecule has 134 valence electrons. The van der Waals surface area contributed by atoms with Crippen molar-refractivity contribution in [1.29, 1.82) is 0 Å². The van der Waals surface area contributed by atoms with Gasteiger partial charge in [-0.25, -0.2) is 0 Å². The Kier molecular flexibility index (Phi) is 8.70. The van der Waals surface area contributed by atoms with Crippen LogP contribution in [0.1, 0.15) is 18.4 Å². The normalized spacial score (nSPS) is 13.2. The standard InChI is InChI=1S/C20H24O4Se/c1-23-20(22)19(25-18-10-6-3-7-11-18)14-17(21)12-13-24-15-16-8-4-2-5-9-16/h2-11,17,19,21H,12-15H2,1H3/t17-,19?/m0/s1. The number of benzene rings is 2. The number of carbonyl (C=O) groups excluding carboxylic acids is 1. The van der Waals surface area contributed by atoms with Gasteiger partial charge in [0.1, 0.15) is 0 Å². The second-order valence-electron chi connectivity index (χ2n) is 5.66. The number of aliphatic hydroxyl groups is 1. The van der Waals surface area contributed by atoms with Crippen molar-refractivity contribution >= 4 is 25.4 Å². The van der Waals surface area contributed by atoms with E-state index in [4.69, 9.17) is 9.47 Å². The molecule has 0 saturated carbocycles. The molecule has 4 nitrogen and oxygen atoms in total. The SMILES string of the molecule is COC(=O)C(C[C@@H](O)CCOCc1ccccc1)[Se]c1ccccc1. The third-order valence-electron chi connectivity index (χ3n) is 3.68. The fourth-order valence-electron chi connectivity index (χ4n) is 2.34. The van der Waals surface area contributed by atoms with E-state index >= 15 is 0 Å². The van der Waals surface area contributed by atoms with Crippen molar-refractivity contribution in [2.45, 2.75) is 30.4 Å². The summed E-state index contributed by atoms with van der Waals surface area (Å²) in [4.78, 5) is 11.7. The van der Waals surface area contributed by atoms with Crippen LogP contribution < -0.4 is 4.46 Å². The minimum atomic E-state index is -0.578. The first-order chi connectivity index (χ1) is 12.2. The van der Waals surface area contributed by atoms with E-state index in [-0.39, 0.29) is 25.7 Å². The van der Waals surface area contributed by atoms with Gasteiger partial charge in [-0.1, -0.05) is 0 Å². The summed E-state index contributed by atoms with van der Waals surface area (Å²) >= 11 is -0.0692. The van der Waals surface area contributed by atoms with E-state index in [0.717, 1.165) is 10.0 Å². The fraction of sp³-hybridized carbons (Fsp3) is 0.350. The summed E-state index contributed by atoms with van der Waals surface area (Å²) in [6.45, 7) is 0.990. The molecule has 0 amide bonds.